The van der Waals surface area contributed by atoms with Crippen LogP contribution in [0.1, 0.15) is 15.9 Å². The zero-order valence-electron chi connectivity index (χ0n) is 14.8. The van der Waals surface area contributed by atoms with Crippen molar-refractivity contribution in [1.29, 1.82) is 0 Å². The lowest BCUT2D eigenvalue weighted by Gasteiger charge is -2.09. The van der Waals surface area contributed by atoms with E-state index in [1.165, 1.54) is 17.4 Å². The number of ether oxygens (including phenoxy) is 1. The van der Waals surface area contributed by atoms with Gasteiger partial charge in [0.2, 0.25) is 5.91 Å². The Kier molecular flexibility index (Phi) is 6.57. The Morgan fingerprint density at radius 3 is 2.75 bits per heavy atom. The summed E-state index contributed by atoms with van der Waals surface area (Å²) in [6.45, 7) is 0. The quantitative estimate of drug-likeness (QED) is 0.520. The molecule has 0 aliphatic rings. The minimum atomic E-state index is -0.364. The fourth-order valence-corrected chi connectivity index (χ4v) is 3.32. The number of methoxy groups -OCH3 is 1. The Morgan fingerprint density at radius 1 is 1.18 bits per heavy atom. The molecule has 0 radical (unpaired) electrons. The van der Waals surface area contributed by atoms with Crippen molar-refractivity contribution in [3.63, 3.8) is 0 Å². The zero-order valence-corrected chi connectivity index (χ0v) is 17.2. The van der Waals surface area contributed by atoms with E-state index in [1.807, 2.05) is 12.1 Å². The molecule has 142 valence electrons. The molecule has 3 rings (SSSR count). The van der Waals surface area contributed by atoms with Crippen LogP contribution in [0, 0.1) is 0 Å². The van der Waals surface area contributed by atoms with E-state index in [0.717, 1.165) is 10.0 Å². The van der Waals surface area contributed by atoms with Gasteiger partial charge in [-0.2, -0.15) is 0 Å². The molecular formula is C20H16BrN3O3S. The molecule has 0 bridgehead atoms. The van der Waals surface area contributed by atoms with E-state index >= 15 is 0 Å². The van der Waals surface area contributed by atoms with Crippen molar-refractivity contribution in [1.82, 2.24) is 4.98 Å². The van der Waals surface area contributed by atoms with Gasteiger partial charge in [0.05, 0.1) is 18.4 Å². The van der Waals surface area contributed by atoms with E-state index < -0.39 is 0 Å². The van der Waals surface area contributed by atoms with Crippen LogP contribution in [0.3, 0.4) is 0 Å². The van der Waals surface area contributed by atoms with Gasteiger partial charge in [-0.1, -0.05) is 28.1 Å². The van der Waals surface area contributed by atoms with Gasteiger partial charge >= 0.3 is 0 Å². The molecule has 8 heteroatoms. The largest absolute Gasteiger partial charge is 0.496 e. The van der Waals surface area contributed by atoms with Crippen LogP contribution in [0.5, 0.6) is 5.75 Å². The predicted molar refractivity (Wildman–Crippen MR) is 115 cm³/mol. The average Bonchev–Trinajstić information content (AvgIpc) is 3.20. The van der Waals surface area contributed by atoms with Gasteiger partial charge in [-0.25, -0.2) is 4.98 Å². The van der Waals surface area contributed by atoms with Crippen LogP contribution >= 0.6 is 27.3 Å². The second-order valence-corrected chi connectivity index (χ2v) is 7.36. The number of carbonyl (C=O) groups excluding carboxylic acids is 2. The summed E-state index contributed by atoms with van der Waals surface area (Å²) in [4.78, 5) is 28.9. The molecule has 2 aromatic carbocycles. The highest BCUT2D eigenvalue weighted by atomic mass is 79.9. The maximum absolute atomic E-state index is 12.5. The zero-order chi connectivity index (χ0) is 19.9. The third-order valence-corrected chi connectivity index (χ3v) is 4.87. The summed E-state index contributed by atoms with van der Waals surface area (Å²) in [6.07, 6.45) is 4.64. The summed E-state index contributed by atoms with van der Waals surface area (Å²) >= 11 is 4.72. The van der Waals surface area contributed by atoms with Gasteiger partial charge in [-0.3, -0.25) is 14.9 Å². The second-order valence-electron chi connectivity index (χ2n) is 5.55. The Morgan fingerprint density at radius 2 is 2.00 bits per heavy atom. The lowest BCUT2D eigenvalue weighted by molar-refractivity contribution is -0.111. The Bertz CT molecular complexity index is 1020. The standard InChI is InChI=1S/C20H16BrN3O3S/c1-27-17-8-7-14(21)12-13(17)6-9-18(25)23-16-5-3-2-4-15(16)19(26)24-20-22-10-11-28-20/h2-12H,1H3,(H,23,25)(H,22,24,26)/b9-6+. The van der Waals surface area contributed by atoms with E-state index in [-0.39, 0.29) is 11.8 Å². The number of benzene rings is 2. The summed E-state index contributed by atoms with van der Waals surface area (Å²) in [5.41, 5.74) is 1.51. The number of para-hydroxylation sites is 1. The molecule has 0 atom stereocenters. The van der Waals surface area contributed by atoms with Crippen molar-refractivity contribution in [2.24, 2.45) is 0 Å². The third kappa shape index (κ3) is 5.05. The van der Waals surface area contributed by atoms with E-state index in [9.17, 15) is 9.59 Å². The van der Waals surface area contributed by atoms with Crippen molar-refractivity contribution in [3.05, 3.63) is 75.7 Å². The van der Waals surface area contributed by atoms with Crippen LogP contribution < -0.4 is 15.4 Å². The van der Waals surface area contributed by atoms with E-state index in [2.05, 4.69) is 31.5 Å². The molecular weight excluding hydrogens is 442 g/mol. The molecule has 1 aromatic heterocycles. The maximum atomic E-state index is 12.5. The number of nitrogens with zero attached hydrogens (tertiary/aromatic N) is 1. The van der Waals surface area contributed by atoms with Crippen LogP contribution in [0.15, 0.2) is 64.6 Å². The van der Waals surface area contributed by atoms with E-state index in [1.54, 1.807) is 55.1 Å². The molecule has 0 aliphatic heterocycles. The van der Waals surface area contributed by atoms with E-state index in [0.29, 0.717) is 22.1 Å². The summed E-state index contributed by atoms with van der Waals surface area (Å²) in [7, 11) is 1.57. The highest BCUT2D eigenvalue weighted by Crippen LogP contribution is 2.24. The van der Waals surface area contributed by atoms with E-state index in [4.69, 9.17) is 4.74 Å². The predicted octanol–water partition coefficient (Wildman–Crippen LogP) is 4.82. The number of thiazole rings is 1. The first-order valence-electron chi connectivity index (χ1n) is 8.19. The summed E-state index contributed by atoms with van der Waals surface area (Å²) in [5, 5.41) is 7.71. The fraction of sp³-hybridized carbons (Fsp3) is 0.0500. The highest BCUT2D eigenvalue weighted by molar-refractivity contribution is 9.10. The minimum absolute atomic E-state index is 0.344. The van der Waals surface area contributed by atoms with Gasteiger partial charge in [-0.05, 0) is 36.4 Å². The number of aromatic nitrogens is 1. The topological polar surface area (TPSA) is 80.3 Å². The number of halogens is 1. The van der Waals surface area contributed by atoms with Crippen LogP contribution in [0.4, 0.5) is 10.8 Å². The summed E-state index contributed by atoms with van der Waals surface area (Å²) in [6, 6.07) is 12.3. The SMILES string of the molecule is COc1ccc(Br)cc1/C=C/C(=O)Nc1ccccc1C(=O)Nc1nccs1. The number of anilines is 2. The first-order valence-corrected chi connectivity index (χ1v) is 9.86. The number of rotatable bonds is 6. The molecule has 2 N–H and O–H groups in total. The molecule has 2 amide bonds. The minimum Gasteiger partial charge on any atom is -0.496 e. The number of hydrogen-bond donors (Lipinski definition) is 2. The van der Waals surface area contributed by atoms with Gasteiger partial charge in [0.25, 0.3) is 5.91 Å². The number of nitrogens with one attached hydrogen (secondary N) is 2. The van der Waals surface area contributed by atoms with Gasteiger partial charge in [0, 0.05) is 27.7 Å². The summed E-state index contributed by atoms with van der Waals surface area (Å²) in [5.74, 6) is -0.0597. The molecule has 0 fully saturated rings. The molecule has 0 aliphatic carbocycles. The molecule has 0 unspecified atom stereocenters. The van der Waals surface area contributed by atoms with Gasteiger partial charge < -0.3 is 10.1 Å². The lowest BCUT2D eigenvalue weighted by atomic mass is 10.1. The third-order valence-electron chi connectivity index (χ3n) is 3.69. The Labute approximate surface area is 174 Å². The van der Waals surface area contributed by atoms with Crippen molar-refractivity contribution in [3.8, 4) is 5.75 Å². The highest BCUT2D eigenvalue weighted by Gasteiger charge is 2.13. The first kappa shape index (κ1) is 19.8. The van der Waals surface area contributed by atoms with Gasteiger partial charge in [-0.15, -0.1) is 11.3 Å². The van der Waals surface area contributed by atoms with Crippen molar-refractivity contribution in [2.45, 2.75) is 0 Å². The van der Waals surface area contributed by atoms with Crippen molar-refractivity contribution < 1.29 is 14.3 Å². The number of carbonyl (C=O) groups is 2. The maximum Gasteiger partial charge on any atom is 0.259 e. The van der Waals surface area contributed by atoms with Crippen LogP contribution in [0.25, 0.3) is 6.08 Å². The molecule has 6 nitrogen and oxygen atoms in total. The molecule has 0 saturated carbocycles. The average molecular weight is 458 g/mol. The lowest BCUT2D eigenvalue weighted by Crippen LogP contribution is -2.16. The number of amides is 2. The monoisotopic (exact) mass is 457 g/mol. The first-order chi connectivity index (χ1) is 13.6. The number of hydrogen-bond acceptors (Lipinski definition) is 5. The second kappa shape index (κ2) is 9.29. The van der Waals surface area contributed by atoms with Crippen molar-refractivity contribution in [2.75, 3.05) is 17.7 Å². The van der Waals surface area contributed by atoms with Gasteiger partial charge in [0.1, 0.15) is 5.75 Å². The van der Waals surface area contributed by atoms with Crippen molar-refractivity contribution >= 4 is 56.0 Å². The van der Waals surface area contributed by atoms with Crippen LogP contribution in [-0.4, -0.2) is 23.9 Å². The normalized spacial score (nSPS) is 10.6. The van der Waals surface area contributed by atoms with Crippen LogP contribution in [-0.2, 0) is 4.79 Å². The smallest absolute Gasteiger partial charge is 0.259 e. The Hall–Kier alpha value is -2.97. The molecule has 28 heavy (non-hydrogen) atoms. The van der Waals surface area contributed by atoms with Crippen LogP contribution in [0.2, 0.25) is 0 Å². The molecule has 0 spiro atoms. The van der Waals surface area contributed by atoms with Gasteiger partial charge in [0.15, 0.2) is 5.13 Å². The molecule has 3 aromatic rings. The fourth-order valence-electron chi connectivity index (χ4n) is 2.42. The Balaban J connectivity index is 1.74. The molecule has 1 heterocycles. The summed E-state index contributed by atoms with van der Waals surface area (Å²) < 4.78 is 6.16. The molecule has 0 saturated heterocycles.